The predicted octanol–water partition coefficient (Wildman–Crippen LogP) is 5.03. The van der Waals surface area contributed by atoms with Crippen LogP contribution in [0, 0.1) is 6.92 Å². The van der Waals surface area contributed by atoms with E-state index >= 15 is 0 Å². The lowest BCUT2D eigenvalue weighted by Gasteiger charge is -2.18. The number of nitrogens with zero attached hydrogens (tertiary/aromatic N) is 3. The molecule has 172 valence electrons. The first-order valence-corrected chi connectivity index (χ1v) is 12.0. The fourth-order valence-corrected chi connectivity index (χ4v) is 4.96. The Morgan fingerprint density at radius 3 is 2.47 bits per heavy atom. The van der Waals surface area contributed by atoms with Crippen LogP contribution in [0.25, 0.3) is 10.9 Å². The Hall–Kier alpha value is -3.73. The van der Waals surface area contributed by atoms with Crippen molar-refractivity contribution in [2.75, 3.05) is 11.4 Å². The summed E-state index contributed by atoms with van der Waals surface area (Å²) in [4.78, 5) is 33.8. The number of amides is 1. The van der Waals surface area contributed by atoms with E-state index < -0.39 is 0 Å². The van der Waals surface area contributed by atoms with Gasteiger partial charge in [0, 0.05) is 25.2 Å². The van der Waals surface area contributed by atoms with Crippen molar-refractivity contribution in [3.8, 4) is 0 Å². The summed E-state index contributed by atoms with van der Waals surface area (Å²) < 4.78 is 1.78. The lowest BCUT2D eigenvalue weighted by Crippen LogP contribution is -2.32. The van der Waals surface area contributed by atoms with Gasteiger partial charge in [0.15, 0.2) is 0 Å². The molecule has 0 saturated heterocycles. The van der Waals surface area contributed by atoms with Crippen LogP contribution in [0.3, 0.4) is 0 Å². The van der Waals surface area contributed by atoms with Crippen LogP contribution in [0.4, 0.5) is 5.69 Å². The van der Waals surface area contributed by atoms with Crippen LogP contribution in [-0.4, -0.2) is 22.0 Å². The van der Waals surface area contributed by atoms with Gasteiger partial charge in [0.05, 0.1) is 16.8 Å². The molecule has 0 aliphatic carbocycles. The highest BCUT2D eigenvalue weighted by molar-refractivity contribution is 6.05. The molecule has 1 aliphatic heterocycles. The Morgan fingerprint density at radius 2 is 1.68 bits per heavy atom. The molecule has 2 heterocycles. The van der Waals surface area contributed by atoms with Gasteiger partial charge in [-0.15, -0.1) is 0 Å². The van der Waals surface area contributed by atoms with Crippen LogP contribution < -0.4 is 10.5 Å². The van der Waals surface area contributed by atoms with Crippen molar-refractivity contribution >= 4 is 22.5 Å². The number of hydrogen-bond acceptors (Lipinski definition) is 3. The van der Waals surface area contributed by atoms with Crippen LogP contribution in [0.5, 0.6) is 0 Å². The second kappa shape index (κ2) is 9.26. The molecule has 3 aromatic carbocycles. The first-order valence-electron chi connectivity index (χ1n) is 12.0. The first-order chi connectivity index (χ1) is 16.6. The van der Waals surface area contributed by atoms with Gasteiger partial charge in [-0.2, -0.15) is 0 Å². The molecule has 1 aliphatic rings. The number of aromatic nitrogens is 2. The van der Waals surface area contributed by atoms with Crippen molar-refractivity contribution in [1.82, 2.24) is 9.55 Å². The molecule has 0 unspecified atom stereocenters. The molecule has 4 aromatic rings. The second-order valence-electron chi connectivity index (χ2n) is 9.05. The molecule has 1 aromatic heterocycles. The van der Waals surface area contributed by atoms with Crippen molar-refractivity contribution in [3.05, 3.63) is 106 Å². The zero-order valence-electron chi connectivity index (χ0n) is 19.7. The van der Waals surface area contributed by atoms with E-state index in [-0.39, 0.29) is 17.4 Å². The minimum absolute atomic E-state index is 0.0446. The number of para-hydroxylation sites is 1. The van der Waals surface area contributed by atoms with Gasteiger partial charge in [0.1, 0.15) is 5.82 Å². The molecule has 0 radical (unpaired) electrons. The number of carbonyl (C=O) groups is 1. The van der Waals surface area contributed by atoms with Crippen LogP contribution in [0.1, 0.15) is 41.8 Å². The average molecular weight is 452 g/mol. The van der Waals surface area contributed by atoms with Gasteiger partial charge in [-0.05, 0) is 49.1 Å². The largest absolute Gasteiger partial charge is 0.312 e. The summed E-state index contributed by atoms with van der Waals surface area (Å²) in [7, 11) is 0. The summed E-state index contributed by atoms with van der Waals surface area (Å²) in [5, 5.41) is 0.612. The van der Waals surface area contributed by atoms with Gasteiger partial charge in [0.25, 0.3) is 5.56 Å². The van der Waals surface area contributed by atoms with Crippen molar-refractivity contribution in [1.29, 1.82) is 0 Å². The Morgan fingerprint density at radius 1 is 0.912 bits per heavy atom. The third-order valence-electron chi connectivity index (χ3n) is 6.65. The lowest BCUT2D eigenvalue weighted by molar-refractivity contribution is -0.119. The van der Waals surface area contributed by atoms with E-state index in [1.807, 2.05) is 54.3 Å². The molecule has 5 rings (SSSR count). The smallest absolute Gasteiger partial charge is 0.261 e. The predicted molar refractivity (Wildman–Crippen MR) is 136 cm³/mol. The number of hydrogen-bond donors (Lipinski definition) is 0. The molecule has 0 N–H and O–H groups in total. The maximum absolute atomic E-state index is 13.5. The van der Waals surface area contributed by atoms with Gasteiger partial charge in [-0.1, -0.05) is 67.1 Å². The highest BCUT2D eigenvalue weighted by atomic mass is 16.2. The molecule has 0 spiro atoms. The molecule has 5 heteroatoms. The quantitative estimate of drug-likeness (QED) is 0.396. The summed E-state index contributed by atoms with van der Waals surface area (Å²) in [6.07, 6.45) is 2.02. The minimum atomic E-state index is -0.336. The second-order valence-corrected chi connectivity index (χ2v) is 9.05. The third kappa shape index (κ3) is 4.03. The number of aryl methyl sites for hydroxylation is 2. The standard InChI is InChI=1S/C29H29N3O2/c1-3-16-31-26-14-13-20(2)18-23(26)24(29(31)34)19-27-30-25-12-8-7-11-22(25)28(33)32(27)17-15-21-9-5-4-6-10-21/h4-14,18,24H,3,15-17,19H2,1-2H3/t24-/m0/s1. The Kier molecular flexibility index (Phi) is 6.01. The highest BCUT2D eigenvalue weighted by Crippen LogP contribution is 2.39. The van der Waals surface area contributed by atoms with E-state index in [0.717, 1.165) is 29.7 Å². The maximum atomic E-state index is 13.5. The molecular formula is C29H29N3O2. The monoisotopic (exact) mass is 451 g/mol. The molecule has 0 saturated carbocycles. The van der Waals surface area contributed by atoms with E-state index in [9.17, 15) is 9.59 Å². The van der Waals surface area contributed by atoms with Crippen molar-refractivity contribution in [2.24, 2.45) is 0 Å². The van der Waals surface area contributed by atoms with Crippen LogP contribution >= 0.6 is 0 Å². The van der Waals surface area contributed by atoms with E-state index in [0.29, 0.717) is 36.2 Å². The summed E-state index contributed by atoms with van der Waals surface area (Å²) in [6, 6.07) is 23.8. The van der Waals surface area contributed by atoms with Crippen LogP contribution in [0.15, 0.2) is 77.6 Å². The Bertz CT molecular complexity index is 1410. The maximum Gasteiger partial charge on any atom is 0.261 e. The molecule has 1 amide bonds. The van der Waals surface area contributed by atoms with Crippen LogP contribution in [-0.2, 0) is 24.2 Å². The average Bonchev–Trinajstić information content (AvgIpc) is 3.10. The minimum Gasteiger partial charge on any atom is -0.312 e. The molecule has 0 bridgehead atoms. The molecule has 1 atom stereocenters. The SMILES string of the molecule is CCCN1C(=O)[C@@H](Cc2nc3ccccc3c(=O)n2CCc2ccccc2)c2cc(C)ccc21. The number of benzene rings is 3. The molecule has 0 fully saturated rings. The van der Waals surface area contributed by atoms with Gasteiger partial charge in [-0.3, -0.25) is 14.2 Å². The van der Waals surface area contributed by atoms with Gasteiger partial charge < -0.3 is 4.90 Å². The Balaban J connectivity index is 1.57. The fraction of sp³-hybridized carbons (Fsp3) is 0.276. The number of carbonyl (C=O) groups excluding carboxylic acids is 1. The third-order valence-corrected chi connectivity index (χ3v) is 6.65. The molecule has 34 heavy (non-hydrogen) atoms. The van der Waals surface area contributed by atoms with Gasteiger partial charge >= 0.3 is 0 Å². The summed E-state index contributed by atoms with van der Waals surface area (Å²) >= 11 is 0. The van der Waals surface area contributed by atoms with Crippen molar-refractivity contribution in [3.63, 3.8) is 0 Å². The Labute approximate surface area is 199 Å². The van der Waals surface area contributed by atoms with Gasteiger partial charge in [-0.25, -0.2) is 4.98 Å². The summed E-state index contributed by atoms with van der Waals surface area (Å²) in [6.45, 7) is 5.35. The summed E-state index contributed by atoms with van der Waals surface area (Å²) in [5.74, 6) is 0.431. The zero-order valence-corrected chi connectivity index (χ0v) is 19.7. The van der Waals surface area contributed by atoms with E-state index in [4.69, 9.17) is 4.98 Å². The van der Waals surface area contributed by atoms with Crippen molar-refractivity contribution in [2.45, 2.75) is 45.6 Å². The van der Waals surface area contributed by atoms with Crippen LogP contribution in [0.2, 0.25) is 0 Å². The number of fused-ring (bicyclic) bond motifs is 2. The van der Waals surface area contributed by atoms with E-state index in [1.54, 1.807) is 4.57 Å². The normalized spacial score (nSPS) is 15.2. The van der Waals surface area contributed by atoms with Gasteiger partial charge in [0.2, 0.25) is 5.91 Å². The summed E-state index contributed by atoms with van der Waals surface area (Å²) in [5.41, 5.74) is 4.95. The first kappa shape index (κ1) is 22.1. The molecular weight excluding hydrogens is 422 g/mol. The topological polar surface area (TPSA) is 55.2 Å². The van der Waals surface area contributed by atoms with E-state index in [1.165, 1.54) is 5.56 Å². The number of anilines is 1. The van der Waals surface area contributed by atoms with Crippen molar-refractivity contribution < 1.29 is 4.79 Å². The molecule has 5 nitrogen and oxygen atoms in total. The van der Waals surface area contributed by atoms with E-state index in [2.05, 4.69) is 37.3 Å². The zero-order chi connectivity index (χ0) is 23.7. The highest BCUT2D eigenvalue weighted by Gasteiger charge is 2.37. The number of rotatable bonds is 7. The fourth-order valence-electron chi connectivity index (χ4n) is 4.96. The lowest BCUT2D eigenvalue weighted by atomic mass is 9.95.